The van der Waals surface area contributed by atoms with Gasteiger partial charge in [-0.15, -0.1) is 11.8 Å². The van der Waals surface area contributed by atoms with Crippen LogP contribution in [0.5, 0.6) is 0 Å². The molecule has 2 aromatic carbocycles. The van der Waals surface area contributed by atoms with Gasteiger partial charge in [-0.25, -0.2) is 0 Å². The minimum absolute atomic E-state index is 0.0350. The van der Waals surface area contributed by atoms with E-state index in [9.17, 15) is 15.3 Å². The highest BCUT2D eigenvalue weighted by atomic mass is 32.2. The Morgan fingerprint density at radius 2 is 1.71 bits per heavy atom. The summed E-state index contributed by atoms with van der Waals surface area (Å²) in [6, 6.07) is 19.4. The second kappa shape index (κ2) is 7.59. The molecule has 0 aliphatic carbocycles. The fourth-order valence-corrected chi connectivity index (χ4v) is 5.33. The average molecular weight is 428 g/mol. The number of ketones is 1. The Morgan fingerprint density at radius 1 is 1.06 bits per heavy atom. The van der Waals surface area contributed by atoms with Crippen molar-refractivity contribution >= 4 is 23.6 Å². The van der Waals surface area contributed by atoms with E-state index in [1.54, 1.807) is 11.8 Å². The number of nitrogens with zero attached hydrogens (tertiary/aromatic N) is 3. The monoisotopic (exact) mass is 427 g/mol. The van der Waals surface area contributed by atoms with Crippen LogP contribution in [0, 0.1) is 33.5 Å². The van der Waals surface area contributed by atoms with Crippen molar-refractivity contribution in [3.63, 3.8) is 0 Å². The molecule has 0 aromatic heterocycles. The van der Waals surface area contributed by atoms with E-state index in [4.69, 9.17) is 0 Å². The van der Waals surface area contributed by atoms with Gasteiger partial charge in [0.25, 0.3) is 0 Å². The van der Waals surface area contributed by atoms with Crippen molar-refractivity contribution in [2.75, 3.05) is 6.26 Å². The molecule has 156 valence electrons. The number of rotatable bonds is 3. The van der Waals surface area contributed by atoms with Crippen molar-refractivity contribution in [2.24, 2.45) is 10.8 Å². The van der Waals surface area contributed by atoms with Crippen molar-refractivity contribution in [2.45, 2.75) is 43.7 Å². The van der Waals surface area contributed by atoms with Gasteiger partial charge in [0.05, 0.1) is 24.2 Å². The van der Waals surface area contributed by atoms with E-state index in [1.807, 2.05) is 92.7 Å². The van der Waals surface area contributed by atoms with Gasteiger partial charge >= 0.3 is 0 Å². The van der Waals surface area contributed by atoms with E-state index in [-0.39, 0.29) is 5.78 Å². The molecule has 4 rings (SSSR count). The standard InChI is InChI=1S/C26H25N3OS/c1-25(2,3)24(30)22-21(18-9-11-19(31-4)12-10-18)26(15-27,16-28)23-20-8-6-5-7-17(20)13-14-29(22)23/h5-14,21-23H,1-4H3. The van der Waals surface area contributed by atoms with Gasteiger partial charge in [-0.2, -0.15) is 10.5 Å². The van der Waals surface area contributed by atoms with Gasteiger partial charge in [0.1, 0.15) is 0 Å². The smallest absolute Gasteiger partial charge is 0.177 e. The molecule has 2 aliphatic rings. The number of benzene rings is 2. The minimum atomic E-state index is -1.40. The molecule has 1 fully saturated rings. The Morgan fingerprint density at radius 3 is 2.29 bits per heavy atom. The third kappa shape index (κ3) is 3.16. The van der Waals surface area contributed by atoms with Crippen LogP contribution in [0.3, 0.4) is 0 Å². The Bertz CT molecular complexity index is 1120. The summed E-state index contributed by atoms with van der Waals surface area (Å²) in [5, 5.41) is 21.0. The largest absolute Gasteiger partial charge is 0.357 e. The highest BCUT2D eigenvalue weighted by molar-refractivity contribution is 7.98. The van der Waals surface area contributed by atoms with Crippen LogP contribution >= 0.6 is 11.8 Å². The normalized spacial score (nSPS) is 23.4. The average Bonchev–Trinajstić information content (AvgIpc) is 3.08. The van der Waals surface area contributed by atoms with Crippen molar-refractivity contribution in [1.82, 2.24) is 4.90 Å². The number of hydrogen-bond donors (Lipinski definition) is 0. The molecule has 3 atom stereocenters. The Kier molecular flexibility index (Phi) is 5.20. The number of hydrogen-bond acceptors (Lipinski definition) is 5. The van der Waals surface area contributed by atoms with E-state index in [1.165, 1.54) is 0 Å². The first kappa shape index (κ1) is 21.2. The van der Waals surface area contributed by atoms with Crippen LogP contribution in [0.25, 0.3) is 6.08 Å². The summed E-state index contributed by atoms with van der Waals surface area (Å²) >= 11 is 1.64. The molecule has 0 N–H and O–H groups in total. The summed E-state index contributed by atoms with van der Waals surface area (Å²) in [5.74, 6) is -0.529. The summed E-state index contributed by atoms with van der Waals surface area (Å²) in [5.41, 5.74) is 0.747. The van der Waals surface area contributed by atoms with Gasteiger partial charge < -0.3 is 4.90 Å². The lowest BCUT2D eigenvalue weighted by atomic mass is 9.66. The van der Waals surface area contributed by atoms with Crippen molar-refractivity contribution in [1.29, 1.82) is 10.5 Å². The van der Waals surface area contributed by atoms with E-state index >= 15 is 0 Å². The topological polar surface area (TPSA) is 67.9 Å². The quantitative estimate of drug-likeness (QED) is 0.601. The van der Waals surface area contributed by atoms with Gasteiger partial charge in [0.2, 0.25) is 0 Å². The maximum absolute atomic E-state index is 13.8. The lowest BCUT2D eigenvalue weighted by Gasteiger charge is -2.36. The molecule has 2 aliphatic heterocycles. The summed E-state index contributed by atoms with van der Waals surface area (Å²) in [4.78, 5) is 16.8. The molecule has 0 bridgehead atoms. The molecule has 0 radical (unpaired) electrons. The van der Waals surface area contributed by atoms with Gasteiger partial charge in [0, 0.05) is 22.4 Å². The molecule has 31 heavy (non-hydrogen) atoms. The second-order valence-electron chi connectivity index (χ2n) is 9.20. The zero-order chi connectivity index (χ0) is 22.4. The Hall–Kier alpha value is -3.02. The predicted molar refractivity (Wildman–Crippen MR) is 123 cm³/mol. The molecule has 2 heterocycles. The SMILES string of the molecule is CSc1ccc(C2C(C(=O)C(C)(C)C)N3C=Cc4ccccc4C3C2(C#N)C#N)cc1. The summed E-state index contributed by atoms with van der Waals surface area (Å²) in [7, 11) is 0. The highest BCUT2D eigenvalue weighted by Gasteiger charge is 2.64. The van der Waals surface area contributed by atoms with Crippen molar-refractivity contribution in [3.8, 4) is 12.1 Å². The lowest BCUT2D eigenvalue weighted by Crippen LogP contribution is -2.43. The van der Waals surface area contributed by atoms with Crippen molar-refractivity contribution < 1.29 is 4.79 Å². The number of carbonyl (C=O) groups excluding carboxylic acids is 1. The van der Waals surface area contributed by atoms with Crippen LogP contribution in [-0.2, 0) is 4.79 Å². The second-order valence-corrected chi connectivity index (χ2v) is 10.1. The van der Waals surface area contributed by atoms with E-state index in [0.717, 1.165) is 21.6 Å². The predicted octanol–water partition coefficient (Wildman–Crippen LogP) is 5.55. The van der Waals surface area contributed by atoms with Crippen LogP contribution in [0.4, 0.5) is 0 Å². The Balaban J connectivity index is 2.00. The lowest BCUT2D eigenvalue weighted by molar-refractivity contribution is -0.130. The molecule has 3 unspecified atom stereocenters. The van der Waals surface area contributed by atoms with E-state index < -0.39 is 28.8 Å². The Labute approximate surface area is 188 Å². The zero-order valence-electron chi connectivity index (χ0n) is 18.2. The first-order valence-electron chi connectivity index (χ1n) is 10.3. The number of thioether (sulfide) groups is 1. The minimum Gasteiger partial charge on any atom is -0.357 e. The third-order valence-electron chi connectivity index (χ3n) is 6.43. The van der Waals surface area contributed by atoms with Crippen LogP contribution < -0.4 is 0 Å². The first-order chi connectivity index (χ1) is 14.8. The van der Waals surface area contributed by atoms with Gasteiger partial charge in [-0.1, -0.05) is 57.2 Å². The maximum atomic E-state index is 13.8. The van der Waals surface area contributed by atoms with Crippen molar-refractivity contribution in [3.05, 3.63) is 71.4 Å². The summed E-state index contributed by atoms with van der Waals surface area (Å²) in [6.45, 7) is 5.70. The molecule has 0 amide bonds. The molecule has 4 nitrogen and oxygen atoms in total. The maximum Gasteiger partial charge on any atom is 0.177 e. The van der Waals surface area contributed by atoms with E-state index in [2.05, 4.69) is 12.1 Å². The number of Topliss-reactive ketones (excluding diaryl/α,β-unsaturated/α-hetero) is 1. The molecule has 0 saturated carbocycles. The molecule has 5 heteroatoms. The fraction of sp³-hybridized carbons (Fsp3) is 0.346. The van der Waals surface area contributed by atoms with Crippen LogP contribution in [0.2, 0.25) is 0 Å². The molecular weight excluding hydrogens is 402 g/mol. The van der Waals surface area contributed by atoms with Crippen LogP contribution in [0.15, 0.2) is 59.6 Å². The van der Waals surface area contributed by atoms with E-state index in [0.29, 0.717) is 0 Å². The molecular formula is C26H25N3OS. The number of carbonyl (C=O) groups is 1. The van der Waals surface area contributed by atoms with Gasteiger partial charge in [0.15, 0.2) is 11.2 Å². The summed E-state index contributed by atoms with van der Waals surface area (Å²) < 4.78 is 0. The highest BCUT2D eigenvalue weighted by Crippen LogP contribution is 2.60. The van der Waals surface area contributed by atoms with Gasteiger partial charge in [-0.05, 0) is 41.2 Å². The van der Waals surface area contributed by atoms with Crippen LogP contribution in [-0.4, -0.2) is 23.0 Å². The molecule has 1 saturated heterocycles. The van der Waals surface area contributed by atoms with Crippen LogP contribution in [0.1, 0.15) is 49.4 Å². The fourth-order valence-electron chi connectivity index (χ4n) is 4.92. The molecule has 2 aromatic rings. The zero-order valence-corrected chi connectivity index (χ0v) is 19.0. The third-order valence-corrected chi connectivity index (χ3v) is 7.17. The number of nitriles is 2. The van der Waals surface area contributed by atoms with Gasteiger partial charge in [-0.3, -0.25) is 4.79 Å². The molecule has 0 spiro atoms. The number of fused-ring (bicyclic) bond motifs is 3. The summed E-state index contributed by atoms with van der Waals surface area (Å²) in [6.07, 6.45) is 5.89. The first-order valence-corrected chi connectivity index (χ1v) is 11.6.